The maximum Gasteiger partial charge on any atom is 0.244 e. The number of furan rings is 1. The molecule has 0 bridgehead atoms. The maximum atomic E-state index is 12.3. The predicted molar refractivity (Wildman–Crippen MR) is 102 cm³/mol. The van der Waals surface area contributed by atoms with E-state index in [0.29, 0.717) is 11.3 Å². The van der Waals surface area contributed by atoms with Crippen LogP contribution in [0.15, 0.2) is 58.1 Å². The fourth-order valence-electron chi connectivity index (χ4n) is 2.33. The summed E-state index contributed by atoms with van der Waals surface area (Å²) in [7, 11) is -3.67. The summed E-state index contributed by atoms with van der Waals surface area (Å²) in [6, 6.07) is 9.69. The molecule has 0 radical (unpaired) electrons. The molecule has 0 unspecified atom stereocenters. The molecule has 0 saturated heterocycles. The highest BCUT2D eigenvalue weighted by Crippen LogP contribution is 2.18. The quantitative estimate of drug-likeness (QED) is 0.543. The number of nitrogens with one attached hydrogen (secondary N) is 3. The molecule has 1 fully saturated rings. The third-order valence-corrected chi connectivity index (χ3v) is 5.42. The van der Waals surface area contributed by atoms with E-state index in [1.807, 2.05) is 0 Å². The van der Waals surface area contributed by atoms with Crippen LogP contribution in [0.5, 0.6) is 0 Å². The number of carbonyl (C=O) groups excluding carboxylic acids is 2. The van der Waals surface area contributed by atoms with Crippen molar-refractivity contribution in [1.29, 1.82) is 0 Å². The molecule has 2 aromatic rings. The lowest BCUT2D eigenvalue weighted by molar-refractivity contribution is -0.124. The van der Waals surface area contributed by atoms with Gasteiger partial charge in [-0.25, -0.2) is 13.1 Å². The summed E-state index contributed by atoms with van der Waals surface area (Å²) in [6.45, 7) is -0.0102. The number of rotatable bonds is 9. The molecule has 0 atom stereocenters. The first-order valence-corrected chi connectivity index (χ1v) is 10.3. The molecule has 1 aliphatic carbocycles. The molecule has 3 N–H and O–H groups in total. The van der Waals surface area contributed by atoms with Crippen LogP contribution in [0.2, 0.25) is 0 Å². The predicted octanol–water partition coefficient (Wildman–Crippen LogP) is 1.17. The zero-order chi connectivity index (χ0) is 20.0. The van der Waals surface area contributed by atoms with Gasteiger partial charge in [0.15, 0.2) is 0 Å². The van der Waals surface area contributed by atoms with Crippen molar-refractivity contribution in [2.45, 2.75) is 30.3 Å². The lowest BCUT2D eigenvalue weighted by atomic mass is 10.2. The van der Waals surface area contributed by atoms with Crippen LogP contribution in [-0.4, -0.2) is 32.8 Å². The number of benzene rings is 1. The van der Waals surface area contributed by atoms with Crippen molar-refractivity contribution in [3.8, 4) is 0 Å². The summed E-state index contributed by atoms with van der Waals surface area (Å²) in [6.07, 6.45) is 6.29. The first kappa shape index (κ1) is 19.8. The second-order valence-electron chi connectivity index (χ2n) is 6.37. The summed E-state index contributed by atoms with van der Waals surface area (Å²) in [4.78, 5) is 23.4. The Morgan fingerprint density at radius 3 is 2.54 bits per heavy atom. The van der Waals surface area contributed by atoms with Gasteiger partial charge in [0.2, 0.25) is 21.8 Å². The van der Waals surface area contributed by atoms with Crippen molar-refractivity contribution in [3.63, 3.8) is 0 Å². The minimum atomic E-state index is -3.67. The van der Waals surface area contributed by atoms with Crippen LogP contribution in [-0.2, 0) is 26.2 Å². The van der Waals surface area contributed by atoms with Crippen LogP contribution in [0.1, 0.15) is 24.2 Å². The van der Waals surface area contributed by atoms with E-state index < -0.39 is 15.9 Å². The van der Waals surface area contributed by atoms with Crippen LogP contribution >= 0.6 is 0 Å². The Balaban J connectivity index is 1.49. The first-order valence-electron chi connectivity index (χ1n) is 8.80. The summed E-state index contributed by atoms with van der Waals surface area (Å²) in [5.41, 5.74) is 0.655. The zero-order valence-corrected chi connectivity index (χ0v) is 15.9. The van der Waals surface area contributed by atoms with E-state index in [9.17, 15) is 18.0 Å². The standard InChI is InChI=1S/C19H21N3O5S/c23-18(20-13-19(24)22-15-6-7-15)10-5-14-3-8-17(9-4-14)28(25,26)21-12-16-2-1-11-27-16/h1-5,8-11,15,21H,6-7,12-13H2,(H,20,23)(H,22,24)/b10-5+. The average molecular weight is 403 g/mol. The fourth-order valence-corrected chi connectivity index (χ4v) is 3.32. The molecule has 3 rings (SSSR count). The van der Waals surface area contributed by atoms with Crippen LogP contribution in [0.3, 0.4) is 0 Å². The SMILES string of the molecule is O=C(/C=C/c1ccc(S(=O)(=O)NCc2ccco2)cc1)NCC(=O)NC1CC1. The molecule has 28 heavy (non-hydrogen) atoms. The topological polar surface area (TPSA) is 118 Å². The smallest absolute Gasteiger partial charge is 0.244 e. The number of amides is 2. The minimum absolute atomic E-state index is 0.0610. The molecule has 0 spiro atoms. The Morgan fingerprint density at radius 1 is 1.14 bits per heavy atom. The third-order valence-electron chi connectivity index (χ3n) is 4.00. The highest BCUT2D eigenvalue weighted by molar-refractivity contribution is 7.89. The minimum Gasteiger partial charge on any atom is -0.468 e. The molecule has 1 aromatic heterocycles. The molecule has 8 nitrogen and oxygen atoms in total. The van der Waals surface area contributed by atoms with E-state index in [-0.39, 0.29) is 29.9 Å². The Bertz CT molecular complexity index is 946. The van der Waals surface area contributed by atoms with Crippen LogP contribution in [0.25, 0.3) is 6.08 Å². The van der Waals surface area contributed by atoms with Gasteiger partial charge in [0, 0.05) is 12.1 Å². The van der Waals surface area contributed by atoms with Crippen LogP contribution < -0.4 is 15.4 Å². The summed E-state index contributed by atoms with van der Waals surface area (Å²) in [5, 5.41) is 5.28. The Kier molecular flexibility index (Phi) is 6.27. The zero-order valence-electron chi connectivity index (χ0n) is 15.1. The lowest BCUT2D eigenvalue weighted by Gasteiger charge is -2.06. The van der Waals surface area contributed by atoms with E-state index in [1.54, 1.807) is 30.3 Å². The van der Waals surface area contributed by atoms with Crippen molar-refractivity contribution in [2.75, 3.05) is 6.54 Å². The molecular weight excluding hydrogens is 382 g/mol. The highest BCUT2D eigenvalue weighted by atomic mass is 32.2. The molecule has 1 heterocycles. The second kappa shape index (κ2) is 8.85. The molecule has 1 saturated carbocycles. The summed E-state index contributed by atoms with van der Waals surface area (Å²) in [5.74, 6) is -0.0939. The van der Waals surface area contributed by atoms with Gasteiger partial charge in [-0.15, -0.1) is 0 Å². The van der Waals surface area contributed by atoms with Gasteiger partial charge in [-0.05, 0) is 48.7 Å². The van der Waals surface area contributed by atoms with Crippen LogP contribution in [0.4, 0.5) is 0 Å². The van der Waals surface area contributed by atoms with Gasteiger partial charge in [0.1, 0.15) is 5.76 Å². The van der Waals surface area contributed by atoms with E-state index in [1.165, 1.54) is 24.5 Å². The van der Waals surface area contributed by atoms with Gasteiger partial charge in [-0.2, -0.15) is 0 Å². The van der Waals surface area contributed by atoms with Gasteiger partial charge < -0.3 is 15.1 Å². The third kappa shape index (κ3) is 6.07. The lowest BCUT2D eigenvalue weighted by Crippen LogP contribution is -2.37. The monoisotopic (exact) mass is 403 g/mol. The first-order chi connectivity index (χ1) is 13.4. The van der Waals surface area contributed by atoms with Gasteiger partial charge in [-0.3, -0.25) is 9.59 Å². The Morgan fingerprint density at radius 2 is 1.89 bits per heavy atom. The van der Waals surface area contributed by atoms with Crippen molar-refractivity contribution < 1.29 is 22.4 Å². The van der Waals surface area contributed by atoms with E-state index in [2.05, 4.69) is 15.4 Å². The van der Waals surface area contributed by atoms with Crippen molar-refractivity contribution in [2.24, 2.45) is 0 Å². The highest BCUT2D eigenvalue weighted by Gasteiger charge is 2.22. The van der Waals surface area contributed by atoms with Gasteiger partial charge >= 0.3 is 0 Å². The molecule has 1 aliphatic rings. The van der Waals surface area contributed by atoms with E-state index in [4.69, 9.17) is 4.42 Å². The summed E-state index contributed by atoms with van der Waals surface area (Å²) < 4.78 is 32.1. The van der Waals surface area contributed by atoms with Crippen molar-refractivity contribution in [1.82, 2.24) is 15.4 Å². The largest absolute Gasteiger partial charge is 0.468 e. The summed E-state index contributed by atoms with van der Waals surface area (Å²) >= 11 is 0. The fraction of sp³-hybridized carbons (Fsp3) is 0.263. The van der Waals surface area contributed by atoms with Crippen molar-refractivity contribution >= 4 is 27.9 Å². The number of sulfonamides is 1. The van der Waals surface area contributed by atoms with E-state index >= 15 is 0 Å². The number of carbonyl (C=O) groups is 2. The second-order valence-corrected chi connectivity index (χ2v) is 8.13. The number of hydrogen-bond donors (Lipinski definition) is 3. The van der Waals surface area contributed by atoms with E-state index in [0.717, 1.165) is 12.8 Å². The molecule has 0 aliphatic heterocycles. The maximum absolute atomic E-state index is 12.3. The molecule has 148 valence electrons. The molecular formula is C19H21N3O5S. The Hall–Kier alpha value is -2.91. The van der Waals surface area contributed by atoms with Gasteiger partial charge in [-0.1, -0.05) is 12.1 Å². The Labute approximate surface area is 163 Å². The average Bonchev–Trinajstić information content (AvgIpc) is 3.33. The van der Waals surface area contributed by atoms with Gasteiger partial charge in [0.05, 0.1) is 24.2 Å². The molecule has 9 heteroatoms. The van der Waals surface area contributed by atoms with Crippen LogP contribution in [0, 0.1) is 0 Å². The number of hydrogen-bond acceptors (Lipinski definition) is 5. The van der Waals surface area contributed by atoms with Crippen molar-refractivity contribution in [3.05, 3.63) is 60.1 Å². The van der Waals surface area contributed by atoms with Gasteiger partial charge in [0.25, 0.3) is 0 Å². The normalized spacial score (nSPS) is 14.1. The molecule has 1 aromatic carbocycles. The molecule has 2 amide bonds.